The molecule has 0 amide bonds. The molecular weight excluding hydrogens is 851 g/mol. The molecule has 1 aliphatic rings. The average Bonchev–Trinajstić information content (AvgIpc) is 3.30. The van der Waals surface area contributed by atoms with Crippen LogP contribution in [-0.4, -0.2) is 74.8 Å². The van der Waals surface area contributed by atoms with Crippen LogP contribution in [0.1, 0.15) is 280 Å². The Bertz CT molecular complexity index is 1320. The van der Waals surface area contributed by atoms with Crippen molar-refractivity contribution in [2.45, 2.75) is 292 Å². The van der Waals surface area contributed by atoms with Crippen molar-refractivity contribution in [3.05, 3.63) is 11.6 Å². The molecule has 1 rings (SSSR count). The van der Waals surface area contributed by atoms with Crippen molar-refractivity contribution in [1.29, 1.82) is 0 Å². The van der Waals surface area contributed by atoms with E-state index in [9.17, 15) is 19.2 Å². The van der Waals surface area contributed by atoms with E-state index in [0.717, 1.165) is 128 Å². The summed E-state index contributed by atoms with van der Waals surface area (Å²) in [5, 5.41) is 0. The van der Waals surface area contributed by atoms with Gasteiger partial charge in [0.1, 0.15) is 12.2 Å². The number of nitrogens with zero attached hydrogens (tertiary/aromatic N) is 1. The Balaban J connectivity index is 2.57. The van der Waals surface area contributed by atoms with Gasteiger partial charge in [-0.25, -0.2) is 0 Å². The van der Waals surface area contributed by atoms with Gasteiger partial charge in [-0.05, 0) is 119 Å². The third-order valence-electron chi connectivity index (χ3n) is 14.3. The van der Waals surface area contributed by atoms with Crippen molar-refractivity contribution >= 4 is 23.9 Å². The molecular formula is C59H109NO8. The Morgan fingerprint density at radius 2 is 1.04 bits per heavy atom. The van der Waals surface area contributed by atoms with E-state index in [1.165, 1.54) is 96.3 Å². The molecule has 0 spiro atoms. The summed E-state index contributed by atoms with van der Waals surface area (Å²) in [5.41, 5.74) is 0.112. The summed E-state index contributed by atoms with van der Waals surface area (Å²) in [4.78, 5) is 54.5. The van der Waals surface area contributed by atoms with Gasteiger partial charge < -0.3 is 23.8 Å². The van der Waals surface area contributed by atoms with Crippen molar-refractivity contribution in [3.8, 4) is 0 Å². The molecule has 0 aromatic rings. The first-order chi connectivity index (χ1) is 32.7. The molecule has 0 aromatic carbocycles. The summed E-state index contributed by atoms with van der Waals surface area (Å²) in [5.74, 6) is -0.975. The van der Waals surface area contributed by atoms with Gasteiger partial charge in [0.25, 0.3) is 0 Å². The normalized spacial score (nSPS) is 16.5. The van der Waals surface area contributed by atoms with Crippen LogP contribution in [0.4, 0.5) is 0 Å². The molecule has 0 radical (unpaired) electrons. The lowest BCUT2D eigenvalue weighted by atomic mass is 9.81. The van der Waals surface area contributed by atoms with Crippen LogP contribution in [0, 0.1) is 16.7 Å². The number of rotatable bonds is 44. The third-order valence-corrected chi connectivity index (χ3v) is 14.3. The first-order valence-corrected chi connectivity index (χ1v) is 28.7. The third kappa shape index (κ3) is 32.5. The van der Waals surface area contributed by atoms with E-state index in [4.69, 9.17) is 18.9 Å². The Labute approximate surface area is 419 Å². The zero-order chi connectivity index (χ0) is 50.3. The largest absolute Gasteiger partial charge is 0.465 e. The first-order valence-electron chi connectivity index (χ1n) is 28.7. The average molecular weight is 961 g/mol. The minimum absolute atomic E-state index is 0.0378. The minimum atomic E-state index is -0.502. The van der Waals surface area contributed by atoms with E-state index < -0.39 is 16.7 Å². The Hall–Kier alpha value is -2.42. The number of carbonyl (C=O) groups excluding carboxylic acids is 4. The van der Waals surface area contributed by atoms with Gasteiger partial charge in [0, 0.05) is 13.0 Å². The zero-order valence-corrected chi connectivity index (χ0v) is 46.1. The predicted molar refractivity (Wildman–Crippen MR) is 283 cm³/mol. The highest BCUT2D eigenvalue weighted by molar-refractivity contribution is 5.77. The van der Waals surface area contributed by atoms with E-state index >= 15 is 0 Å². The highest BCUT2D eigenvalue weighted by Crippen LogP contribution is 2.34. The molecule has 9 nitrogen and oxygen atoms in total. The maximum atomic E-state index is 13.6. The number of carbonyl (C=O) groups is 4. The number of unbranched alkanes of at least 4 members (excludes halogenated alkanes) is 23. The molecule has 0 N–H and O–H groups in total. The van der Waals surface area contributed by atoms with Gasteiger partial charge in [0.2, 0.25) is 0 Å². The van der Waals surface area contributed by atoms with Crippen molar-refractivity contribution in [1.82, 2.24) is 4.90 Å². The number of hydrogen-bond acceptors (Lipinski definition) is 9. The van der Waals surface area contributed by atoms with Crippen LogP contribution in [0.3, 0.4) is 0 Å². The monoisotopic (exact) mass is 960 g/mol. The lowest BCUT2D eigenvalue weighted by molar-refractivity contribution is -0.161. The molecule has 398 valence electrons. The Kier molecular flexibility index (Phi) is 37.6. The van der Waals surface area contributed by atoms with E-state index in [-0.39, 0.29) is 36.1 Å². The predicted octanol–water partition coefficient (Wildman–Crippen LogP) is 16.2. The first kappa shape index (κ1) is 63.6. The van der Waals surface area contributed by atoms with Crippen molar-refractivity contribution in [2.75, 3.05) is 33.9 Å². The molecule has 1 aliphatic carbocycles. The maximum absolute atomic E-state index is 13.6. The van der Waals surface area contributed by atoms with E-state index in [1.807, 2.05) is 32.8 Å². The van der Waals surface area contributed by atoms with Crippen LogP contribution in [-0.2, 0) is 38.1 Å². The highest BCUT2D eigenvalue weighted by atomic mass is 16.6. The summed E-state index contributed by atoms with van der Waals surface area (Å²) in [6.45, 7) is 16.3. The molecule has 68 heavy (non-hydrogen) atoms. The highest BCUT2D eigenvalue weighted by Gasteiger charge is 2.34. The van der Waals surface area contributed by atoms with Crippen LogP contribution >= 0.6 is 0 Å². The molecule has 0 saturated heterocycles. The van der Waals surface area contributed by atoms with E-state index in [2.05, 4.69) is 40.7 Å². The fraction of sp³-hybridized carbons (Fsp3) is 0.898. The van der Waals surface area contributed by atoms with Gasteiger partial charge in [-0.1, -0.05) is 174 Å². The second kappa shape index (κ2) is 40.2. The molecule has 0 aromatic heterocycles. The van der Waals surface area contributed by atoms with Crippen molar-refractivity contribution < 1.29 is 38.1 Å². The molecule has 0 heterocycles. The fourth-order valence-corrected chi connectivity index (χ4v) is 9.34. The lowest BCUT2D eigenvalue weighted by Crippen LogP contribution is -2.33. The van der Waals surface area contributed by atoms with Gasteiger partial charge >= 0.3 is 23.9 Å². The molecule has 3 atom stereocenters. The van der Waals surface area contributed by atoms with Crippen LogP contribution in [0.5, 0.6) is 0 Å². The second-order valence-corrected chi connectivity index (χ2v) is 22.2. The number of hydrogen-bond donors (Lipinski definition) is 0. The minimum Gasteiger partial charge on any atom is -0.465 e. The van der Waals surface area contributed by atoms with Crippen LogP contribution in [0.2, 0.25) is 0 Å². The fourth-order valence-electron chi connectivity index (χ4n) is 9.34. The van der Waals surface area contributed by atoms with Gasteiger partial charge in [-0.15, -0.1) is 0 Å². The number of allylic oxidation sites excluding steroid dienone is 1. The summed E-state index contributed by atoms with van der Waals surface area (Å²) < 4.78 is 23.7. The van der Waals surface area contributed by atoms with Gasteiger partial charge in [0.05, 0.1) is 36.4 Å². The SMILES string of the molecule is CCCCCCCCCCCOC(=O)C(C)(C)CCCCCCOC(=O)[C@@H]1C[C@H](OC(=O)CCN(C)C)CC/C1=C/CCCCCCC(C)(C)C(=O)OC(CCCCCC)CCCCCCCC. The summed E-state index contributed by atoms with van der Waals surface area (Å²) in [6, 6.07) is 0. The second-order valence-electron chi connectivity index (χ2n) is 22.2. The van der Waals surface area contributed by atoms with E-state index in [0.29, 0.717) is 32.6 Å². The Morgan fingerprint density at radius 1 is 0.588 bits per heavy atom. The smallest absolute Gasteiger partial charge is 0.313 e. The quantitative estimate of drug-likeness (QED) is 0.0255. The summed E-state index contributed by atoms with van der Waals surface area (Å²) in [7, 11) is 3.88. The Morgan fingerprint density at radius 3 is 1.59 bits per heavy atom. The standard InChI is InChI=1S/C59H109NO8/c1-10-13-16-19-21-22-23-29-37-48-66-56(63)58(4,5)44-35-28-30-36-47-65-55(62)53-49-52(67-54(61)43-46-60(8)9)42-41-50(53)38-31-25-24-27-34-45-59(6,7)57(64)68-51(39-32-18-15-12-3)40-33-26-20-17-14-11-2/h38,51-53H,10-37,39-49H2,1-9H3/b50-38-/t51?,52-,53-/m1/s1. The van der Waals surface area contributed by atoms with Gasteiger partial charge in [-0.2, -0.15) is 0 Å². The van der Waals surface area contributed by atoms with Crippen LogP contribution in [0.15, 0.2) is 11.6 Å². The molecule has 1 saturated carbocycles. The lowest BCUT2D eigenvalue weighted by Gasteiger charge is -2.30. The molecule has 1 fully saturated rings. The number of ether oxygens (including phenoxy) is 4. The molecule has 0 aliphatic heterocycles. The number of esters is 4. The molecule has 1 unspecified atom stereocenters. The van der Waals surface area contributed by atoms with Crippen LogP contribution in [0.25, 0.3) is 0 Å². The van der Waals surface area contributed by atoms with Gasteiger partial charge in [-0.3, -0.25) is 19.2 Å². The molecule has 9 heteroatoms. The zero-order valence-electron chi connectivity index (χ0n) is 46.1. The topological polar surface area (TPSA) is 108 Å². The van der Waals surface area contributed by atoms with Crippen molar-refractivity contribution in [3.63, 3.8) is 0 Å². The maximum Gasteiger partial charge on any atom is 0.313 e. The van der Waals surface area contributed by atoms with Crippen molar-refractivity contribution in [2.24, 2.45) is 16.7 Å². The summed E-state index contributed by atoms with van der Waals surface area (Å²) in [6.07, 6.45) is 39.8. The van der Waals surface area contributed by atoms with E-state index in [1.54, 1.807) is 0 Å². The molecule has 0 bridgehead atoms. The van der Waals surface area contributed by atoms with Gasteiger partial charge in [0.15, 0.2) is 0 Å². The van der Waals surface area contributed by atoms with Crippen LogP contribution < -0.4 is 0 Å². The summed E-state index contributed by atoms with van der Waals surface area (Å²) >= 11 is 0.